The lowest BCUT2D eigenvalue weighted by molar-refractivity contribution is 0.122. The first-order valence-corrected chi connectivity index (χ1v) is 6.66. The summed E-state index contributed by atoms with van der Waals surface area (Å²) in [5.74, 6) is 1.12. The van der Waals surface area contributed by atoms with E-state index in [1.165, 1.54) is 0 Å². The van der Waals surface area contributed by atoms with E-state index in [0.717, 1.165) is 26.2 Å². The molecule has 2 heterocycles. The fraction of sp³-hybridized carbons (Fsp3) is 0.727. The van der Waals surface area contributed by atoms with E-state index >= 15 is 0 Å². The molecule has 1 aliphatic rings. The van der Waals surface area contributed by atoms with Crippen molar-refractivity contribution in [2.24, 2.45) is 0 Å². The minimum Gasteiger partial charge on any atom is -0.378 e. The summed E-state index contributed by atoms with van der Waals surface area (Å²) in [5, 5.41) is 3.36. The van der Waals surface area contributed by atoms with Gasteiger partial charge in [0.1, 0.15) is 0 Å². The van der Waals surface area contributed by atoms with Gasteiger partial charge in [-0.25, -0.2) is 0 Å². The summed E-state index contributed by atoms with van der Waals surface area (Å²) in [7, 11) is 4.03. The third-order valence-corrected chi connectivity index (χ3v) is 2.90. The molecule has 1 N–H and O–H groups in total. The first-order valence-electron chi connectivity index (χ1n) is 6.28. The molecule has 1 aliphatic heterocycles. The number of hydrogen-bond donors (Lipinski definition) is 1. The first-order chi connectivity index (χ1) is 9.15. The van der Waals surface area contributed by atoms with Gasteiger partial charge in [0.2, 0.25) is 17.2 Å². The molecule has 1 aromatic rings. The average molecular weight is 287 g/mol. The van der Waals surface area contributed by atoms with E-state index in [2.05, 4.69) is 25.2 Å². The zero-order chi connectivity index (χ0) is 13.7. The van der Waals surface area contributed by atoms with Gasteiger partial charge in [0.05, 0.1) is 13.2 Å². The van der Waals surface area contributed by atoms with Crippen molar-refractivity contribution in [1.29, 1.82) is 0 Å². The molecule has 19 heavy (non-hydrogen) atoms. The Morgan fingerprint density at radius 2 is 2.00 bits per heavy atom. The molecule has 0 aromatic carbocycles. The summed E-state index contributed by atoms with van der Waals surface area (Å²) in [4.78, 5) is 16.8. The molecule has 1 fully saturated rings. The van der Waals surface area contributed by atoms with Gasteiger partial charge in [-0.15, -0.1) is 0 Å². The maximum Gasteiger partial charge on any atom is 0.231 e. The van der Waals surface area contributed by atoms with Gasteiger partial charge in [0.15, 0.2) is 0 Å². The summed E-state index contributed by atoms with van der Waals surface area (Å²) < 4.78 is 5.31. The average Bonchev–Trinajstić information content (AvgIpc) is 2.39. The number of ether oxygens (including phenoxy) is 1. The molecule has 8 heteroatoms. The molecule has 0 atom stereocenters. The second-order valence-electron chi connectivity index (χ2n) is 4.56. The van der Waals surface area contributed by atoms with Gasteiger partial charge in [-0.1, -0.05) is 0 Å². The predicted octanol–water partition coefficient (Wildman–Crippen LogP) is 0.335. The first kappa shape index (κ1) is 14.2. The summed E-state index contributed by atoms with van der Waals surface area (Å²) >= 11 is 5.94. The summed E-state index contributed by atoms with van der Waals surface area (Å²) in [6.07, 6.45) is 0. The van der Waals surface area contributed by atoms with Crippen molar-refractivity contribution in [1.82, 2.24) is 19.9 Å². The Hall–Kier alpha value is -1.18. The van der Waals surface area contributed by atoms with Crippen LogP contribution in [0, 0.1) is 0 Å². The second-order valence-corrected chi connectivity index (χ2v) is 4.90. The van der Waals surface area contributed by atoms with Gasteiger partial charge in [-0.2, -0.15) is 15.0 Å². The van der Waals surface area contributed by atoms with Crippen LogP contribution in [-0.2, 0) is 4.74 Å². The molecular weight excluding hydrogens is 268 g/mol. The van der Waals surface area contributed by atoms with Crippen LogP contribution in [0.25, 0.3) is 0 Å². The maximum atomic E-state index is 5.94. The maximum absolute atomic E-state index is 5.94. The van der Waals surface area contributed by atoms with Crippen molar-refractivity contribution in [3.63, 3.8) is 0 Å². The van der Waals surface area contributed by atoms with Gasteiger partial charge in [-0.05, 0) is 25.7 Å². The van der Waals surface area contributed by atoms with Crippen LogP contribution in [0.15, 0.2) is 0 Å². The minimum atomic E-state index is 0.212. The van der Waals surface area contributed by atoms with Gasteiger partial charge in [-0.3, -0.25) is 0 Å². The van der Waals surface area contributed by atoms with Gasteiger partial charge < -0.3 is 19.9 Å². The van der Waals surface area contributed by atoms with Crippen LogP contribution >= 0.6 is 11.6 Å². The topological polar surface area (TPSA) is 66.4 Å². The molecule has 106 valence electrons. The smallest absolute Gasteiger partial charge is 0.231 e. The van der Waals surface area contributed by atoms with Crippen LogP contribution in [0.4, 0.5) is 11.9 Å². The number of likely N-dealkylation sites (N-methyl/N-ethyl adjacent to an activating group) is 1. The number of nitrogens with zero attached hydrogens (tertiary/aromatic N) is 5. The fourth-order valence-electron chi connectivity index (χ4n) is 1.71. The van der Waals surface area contributed by atoms with Gasteiger partial charge >= 0.3 is 0 Å². The molecule has 1 aromatic heterocycles. The highest BCUT2D eigenvalue weighted by atomic mass is 35.5. The number of rotatable bonds is 5. The van der Waals surface area contributed by atoms with Crippen LogP contribution in [0.5, 0.6) is 0 Å². The Morgan fingerprint density at radius 1 is 1.26 bits per heavy atom. The molecule has 0 radical (unpaired) electrons. The lowest BCUT2D eigenvalue weighted by atomic mass is 10.4. The predicted molar refractivity (Wildman–Crippen MR) is 74.9 cm³/mol. The van der Waals surface area contributed by atoms with Gasteiger partial charge in [0, 0.05) is 26.2 Å². The van der Waals surface area contributed by atoms with E-state index in [1.807, 2.05) is 19.0 Å². The molecule has 0 saturated carbocycles. The third kappa shape index (κ3) is 4.45. The van der Waals surface area contributed by atoms with E-state index in [1.54, 1.807) is 0 Å². The molecule has 1 saturated heterocycles. The van der Waals surface area contributed by atoms with Crippen molar-refractivity contribution in [3.8, 4) is 0 Å². The Balaban J connectivity index is 2.01. The number of nitrogens with one attached hydrogen (secondary N) is 1. The van der Waals surface area contributed by atoms with E-state index in [4.69, 9.17) is 16.3 Å². The number of morpholine rings is 1. The van der Waals surface area contributed by atoms with E-state index in [-0.39, 0.29) is 5.28 Å². The van der Waals surface area contributed by atoms with Crippen LogP contribution in [0.2, 0.25) is 5.28 Å². The Labute approximate surface area is 117 Å². The Morgan fingerprint density at radius 3 is 2.68 bits per heavy atom. The Kier molecular flexibility index (Phi) is 5.12. The van der Waals surface area contributed by atoms with Crippen molar-refractivity contribution >= 4 is 23.5 Å². The quantitative estimate of drug-likeness (QED) is 0.837. The lowest BCUT2D eigenvalue weighted by Crippen LogP contribution is -2.37. The molecule has 0 amide bonds. The molecule has 0 unspecified atom stereocenters. The number of hydrogen-bond acceptors (Lipinski definition) is 7. The SMILES string of the molecule is CN(C)CCNc1nc(Cl)nc(N2CCOCC2)n1. The number of aromatic nitrogens is 3. The molecule has 0 bridgehead atoms. The van der Waals surface area contributed by atoms with Crippen molar-refractivity contribution in [3.05, 3.63) is 5.28 Å². The van der Waals surface area contributed by atoms with E-state index in [9.17, 15) is 0 Å². The fourth-order valence-corrected chi connectivity index (χ4v) is 1.87. The summed E-state index contributed by atoms with van der Waals surface area (Å²) in [6.45, 7) is 4.58. The largest absolute Gasteiger partial charge is 0.378 e. The lowest BCUT2D eigenvalue weighted by Gasteiger charge is -2.26. The molecule has 0 aliphatic carbocycles. The normalized spacial score (nSPS) is 15.9. The van der Waals surface area contributed by atoms with Crippen LogP contribution in [0.1, 0.15) is 0 Å². The highest BCUT2D eigenvalue weighted by Gasteiger charge is 2.15. The third-order valence-electron chi connectivity index (χ3n) is 2.73. The number of halogens is 1. The monoisotopic (exact) mass is 286 g/mol. The minimum absolute atomic E-state index is 0.212. The van der Waals surface area contributed by atoms with Crippen molar-refractivity contribution in [2.75, 3.05) is 63.7 Å². The van der Waals surface area contributed by atoms with E-state index < -0.39 is 0 Å². The Bertz CT molecular complexity index is 410. The highest BCUT2D eigenvalue weighted by Crippen LogP contribution is 2.14. The molecule has 2 rings (SSSR count). The van der Waals surface area contributed by atoms with Crippen molar-refractivity contribution in [2.45, 2.75) is 0 Å². The van der Waals surface area contributed by atoms with E-state index in [0.29, 0.717) is 25.1 Å². The zero-order valence-corrected chi connectivity index (χ0v) is 12.0. The molecular formula is C11H19ClN6O. The number of anilines is 2. The van der Waals surface area contributed by atoms with Crippen LogP contribution < -0.4 is 10.2 Å². The highest BCUT2D eigenvalue weighted by molar-refractivity contribution is 6.28. The summed E-state index contributed by atoms with van der Waals surface area (Å²) in [6, 6.07) is 0. The second kappa shape index (κ2) is 6.83. The van der Waals surface area contributed by atoms with Crippen LogP contribution in [-0.4, -0.2) is 73.3 Å². The van der Waals surface area contributed by atoms with Crippen LogP contribution in [0.3, 0.4) is 0 Å². The molecule has 0 spiro atoms. The van der Waals surface area contributed by atoms with Crippen molar-refractivity contribution < 1.29 is 4.74 Å². The van der Waals surface area contributed by atoms with Gasteiger partial charge in [0.25, 0.3) is 0 Å². The molecule has 7 nitrogen and oxygen atoms in total. The zero-order valence-electron chi connectivity index (χ0n) is 11.3. The summed E-state index contributed by atoms with van der Waals surface area (Å²) in [5.41, 5.74) is 0. The standard InChI is InChI=1S/C11H19ClN6O/c1-17(2)4-3-13-10-14-9(12)15-11(16-10)18-5-7-19-8-6-18/h3-8H2,1-2H3,(H,13,14,15,16).